The van der Waals surface area contributed by atoms with Crippen LogP contribution in [0.2, 0.25) is 6.32 Å². The van der Waals surface area contributed by atoms with E-state index in [2.05, 4.69) is 29.8 Å². The summed E-state index contributed by atoms with van der Waals surface area (Å²) in [7, 11) is -0.807. The molecule has 3 nitrogen and oxygen atoms in total. The lowest BCUT2D eigenvalue weighted by Crippen LogP contribution is -2.76. The molecule has 21 heavy (non-hydrogen) atoms. The molecule has 0 radical (unpaired) electrons. The molecule has 0 amide bonds. The topological polar surface area (TPSA) is 49.7 Å². The van der Waals surface area contributed by atoms with Gasteiger partial charge in [0.2, 0.25) is 0 Å². The first-order valence-corrected chi connectivity index (χ1v) is 9.34. The standard InChI is InChI=1S/C15H27BBrClO3/c1-13(2)11-7-8-14(3,19)15(13,10-11)21-16(20)9-5-4-6-12(17)18/h11-12,19-20H,4-10H2,1-3H3/t11?,12-,14?,15?/m0/s1. The van der Waals surface area contributed by atoms with Crippen LogP contribution in [0.5, 0.6) is 0 Å². The fourth-order valence-electron chi connectivity index (χ4n) is 4.33. The molecule has 0 heterocycles. The fourth-order valence-corrected chi connectivity index (χ4v) is 4.81. The number of rotatable bonds is 7. The molecule has 3 aliphatic carbocycles. The summed E-state index contributed by atoms with van der Waals surface area (Å²) in [6.07, 6.45) is 5.96. The van der Waals surface area contributed by atoms with Crippen molar-refractivity contribution in [2.75, 3.05) is 0 Å². The van der Waals surface area contributed by atoms with Crippen LogP contribution in [0.15, 0.2) is 0 Å². The van der Waals surface area contributed by atoms with Gasteiger partial charge in [0.1, 0.15) is 0 Å². The molecule has 0 aromatic rings. The number of aliphatic hydroxyl groups is 1. The SMILES string of the molecule is CC1(O)CCC2CC1(OB(O)CCCC[C@H](Cl)Br)C2(C)C. The third-order valence-corrected chi connectivity index (χ3v) is 6.58. The van der Waals surface area contributed by atoms with Gasteiger partial charge in [0.15, 0.2) is 0 Å². The van der Waals surface area contributed by atoms with Crippen LogP contribution in [-0.4, -0.2) is 32.7 Å². The van der Waals surface area contributed by atoms with E-state index in [-0.39, 0.29) is 9.70 Å². The lowest BCUT2D eigenvalue weighted by atomic mass is 9.40. The second kappa shape index (κ2) is 6.31. The highest BCUT2D eigenvalue weighted by molar-refractivity contribution is 9.10. The summed E-state index contributed by atoms with van der Waals surface area (Å²) in [5.41, 5.74) is -1.54. The number of alkyl halides is 2. The fraction of sp³-hybridized carbons (Fsp3) is 1.00. The number of hydrogen-bond acceptors (Lipinski definition) is 3. The Balaban J connectivity index is 1.91. The average molecular weight is 382 g/mol. The zero-order valence-corrected chi connectivity index (χ0v) is 15.6. The van der Waals surface area contributed by atoms with Crippen molar-refractivity contribution in [1.82, 2.24) is 0 Å². The quantitative estimate of drug-likeness (QED) is 0.399. The number of unbranched alkanes of at least 4 members (excludes halogenated alkanes) is 1. The molecule has 3 aliphatic rings. The Labute approximate surface area is 142 Å². The lowest BCUT2D eigenvalue weighted by molar-refractivity contribution is -0.304. The van der Waals surface area contributed by atoms with Gasteiger partial charge in [-0.3, -0.25) is 0 Å². The first-order chi connectivity index (χ1) is 9.62. The predicted octanol–water partition coefficient (Wildman–Crippen LogP) is 3.94. The third kappa shape index (κ3) is 3.19. The number of fused-ring (bicyclic) bond motifs is 2. The Bertz CT molecular complexity index is 368. The molecular formula is C15H27BBrClO3. The molecule has 0 saturated heterocycles. The van der Waals surface area contributed by atoms with Crippen molar-refractivity contribution >= 4 is 34.6 Å². The molecule has 0 aliphatic heterocycles. The monoisotopic (exact) mass is 380 g/mol. The molecule has 2 bridgehead atoms. The van der Waals surface area contributed by atoms with Crippen LogP contribution in [0.1, 0.15) is 59.3 Å². The lowest BCUT2D eigenvalue weighted by Gasteiger charge is -2.71. The van der Waals surface area contributed by atoms with Crippen molar-refractivity contribution in [3.63, 3.8) is 0 Å². The molecule has 4 atom stereocenters. The highest BCUT2D eigenvalue weighted by atomic mass is 79.9. The van der Waals surface area contributed by atoms with Gasteiger partial charge in [-0.05, 0) is 50.3 Å². The van der Waals surface area contributed by atoms with Gasteiger partial charge in [0.25, 0.3) is 0 Å². The van der Waals surface area contributed by atoms with Gasteiger partial charge in [-0.25, -0.2) is 0 Å². The smallest absolute Gasteiger partial charge is 0.427 e. The van der Waals surface area contributed by atoms with E-state index in [1.165, 1.54) is 0 Å². The van der Waals surface area contributed by atoms with Crippen LogP contribution in [0.25, 0.3) is 0 Å². The van der Waals surface area contributed by atoms with E-state index in [4.69, 9.17) is 16.3 Å². The summed E-state index contributed by atoms with van der Waals surface area (Å²) in [5, 5.41) is 21.0. The van der Waals surface area contributed by atoms with Crippen molar-refractivity contribution in [3.05, 3.63) is 0 Å². The first-order valence-electron chi connectivity index (χ1n) is 7.99. The van der Waals surface area contributed by atoms with E-state index >= 15 is 0 Å². The highest BCUT2D eigenvalue weighted by Gasteiger charge is 2.71. The van der Waals surface area contributed by atoms with Crippen LogP contribution in [0.3, 0.4) is 0 Å². The highest BCUT2D eigenvalue weighted by Crippen LogP contribution is 2.67. The molecule has 0 spiro atoms. The summed E-state index contributed by atoms with van der Waals surface area (Å²) in [4.78, 5) is 0. The molecule has 0 aromatic carbocycles. The number of hydrogen-bond donors (Lipinski definition) is 2. The Morgan fingerprint density at radius 3 is 2.57 bits per heavy atom. The molecule has 3 fully saturated rings. The maximum atomic E-state index is 10.8. The maximum absolute atomic E-state index is 10.8. The van der Waals surface area contributed by atoms with Crippen LogP contribution < -0.4 is 0 Å². The van der Waals surface area contributed by atoms with Gasteiger partial charge in [-0.15, -0.1) is 11.6 Å². The summed E-state index contributed by atoms with van der Waals surface area (Å²) < 4.78 is 6.04. The van der Waals surface area contributed by atoms with E-state index in [0.29, 0.717) is 12.2 Å². The minimum absolute atomic E-state index is 0.000411. The van der Waals surface area contributed by atoms with Crippen LogP contribution in [0, 0.1) is 11.3 Å². The third-order valence-electron chi connectivity index (χ3n) is 5.91. The first kappa shape index (κ1) is 18.1. The van der Waals surface area contributed by atoms with E-state index in [9.17, 15) is 10.1 Å². The maximum Gasteiger partial charge on any atom is 0.454 e. The van der Waals surface area contributed by atoms with Crippen molar-refractivity contribution < 1.29 is 14.8 Å². The van der Waals surface area contributed by atoms with Crippen LogP contribution in [-0.2, 0) is 4.65 Å². The van der Waals surface area contributed by atoms with Gasteiger partial charge in [-0.2, -0.15) is 0 Å². The second-order valence-corrected chi connectivity index (χ2v) is 9.67. The van der Waals surface area contributed by atoms with Crippen LogP contribution in [0.4, 0.5) is 0 Å². The summed E-state index contributed by atoms with van der Waals surface area (Å²) in [5.74, 6) is 0.593. The molecule has 3 unspecified atom stereocenters. The van der Waals surface area contributed by atoms with Crippen molar-refractivity contribution in [2.45, 2.75) is 81.1 Å². The van der Waals surface area contributed by atoms with Crippen molar-refractivity contribution in [3.8, 4) is 0 Å². The minimum atomic E-state index is -0.858. The molecular weight excluding hydrogens is 354 g/mol. The summed E-state index contributed by atoms with van der Waals surface area (Å²) >= 11 is 9.15. The molecule has 6 heteroatoms. The molecule has 0 aromatic heterocycles. The Morgan fingerprint density at radius 2 is 2.05 bits per heavy atom. The Hall–Kier alpha value is 0.715. The normalized spacial score (nSPS) is 38.7. The molecule has 3 rings (SSSR count). The van der Waals surface area contributed by atoms with Gasteiger partial charge in [0, 0.05) is 0 Å². The number of halogens is 2. The van der Waals surface area contributed by atoms with Gasteiger partial charge >= 0.3 is 7.12 Å². The minimum Gasteiger partial charge on any atom is -0.427 e. The van der Waals surface area contributed by atoms with Gasteiger partial charge in [0.05, 0.1) is 15.5 Å². The largest absolute Gasteiger partial charge is 0.454 e. The average Bonchev–Trinajstić information content (AvgIpc) is 2.36. The van der Waals surface area contributed by atoms with E-state index < -0.39 is 18.3 Å². The molecule has 2 N–H and O–H groups in total. The predicted molar refractivity (Wildman–Crippen MR) is 90.8 cm³/mol. The van der Waals surface area contributed by atoms with Crippen LogP contribution >= 0.6 is 27.5 Å². The Morgan fingerprint density at radius 1 is 1.38 bits per heavy atom. The summed E-state index contributed by atoms with van der Waals surface area (Å²) in [6.45, 7) is 6.18. The van der Waals surface area contributed by atoms with Crippen molar-refractivity contribution in [1.29, 1.82) is 0 Å². The zero-order chi connectivity index (χ0) is 15.9. The van der Waals surface area contributed by atoms with E-state index in [0.717, 1.165) is 38.5 Å². The molecule has 3 saturated carbocycles. The Kier molecular flexibility index (Phi) is 5.43. The van der Waals surface area contributed by atoms with E-state index in [1.807, 2.05) is 6.92 Å². The van der Waals surface area contributed by atoms with Gasteiger partial charge in [-0.1, -0.05) is 42.6 Å². The summed E-state index contributed by atoms with van der Waals surface area (Å²) in [6, 6.07) is 0. The zero-order valence-electron chi connectivity index (χ0n) is 13.2. The second-order valence-electron chi connectivity index (χ2n) is 7.51. The van der Waals surface area contributed by atoms with Gasteiger partial charge < -0.3 is 14.8 Å². The molecule has 122 valence electrons. The van der Waals surface area contributed by atoms with E-state index in [1.54, 1.807) is 0 Å². The van der Waals surface area contributed by atoms with Crippen molar-refractivity contribution in [2.24, 2.45) is 11.3 Å².